The first-order valence-corrected chi connectivity index (χ1v) is 6.08. The van der Waals surface area contributed by atoms with Gasteiger partial charge >= 0.3 is 5.97 Å². The van der Waals surface area contributed by atoms with Crippen LogP contribution >= 0.6 is 0 Å². The molecular formula is C12H7NO3S. The maximum Gasteiger partial charge on any atom is 0.337 e. The maximum absolute atomic E-state index is 12.1. The second-order valence-electron chi connectivity index (χ2n) is 3.64. The minimum atomic E-state index is -1.33. The van der Waals surface area contributed by atoms with Gasteiger partial charge in [0.2, 0.25) is 0 Å². The van der Waals surface area contributed by atoms with Crippen LogP contribution in [0.5, 0.6) is 0 Å². The third-order valence-corrected chi connectivity index (χ3v) is 4.11. The zero-order valence-electron chi connectivity index (χ0n) is 8.58. The van der Waals surface area contributed by atoms with E-state index in [1.165, 1.54) is 12.3 Å². The van der Waals surface area contributed by atoms with Gasteiger partial charge in [-0.3, -0.25) is 4.98 Å². The lowest BCUT2D eigenvalue weighted by Crippen LogP contribution is -1.99. The van der Waals surface area contributed by atoms with Gasteiger partial charge in [-0.1, -0.05) is 18.2 Å². The number of carbonyl (C=O) groups is 1. The van der Waals surface area contributed by atoms with Gasteiger partial charge < -0.3 is 5.11 Å². The van der Waals surface area contributed by atoms with E-state index in [0.29, 0.717) is 15.5 Å². The number of carboxylic acids is 1. The van der Waals surface area contributed by atoms with Gasteiger partial charge in [0.1, 0.15) is 0 Å². The van der Waals surface area contributed by atoms with Crippen molar-refractivity contribution in [2.24, 2.45) is 0 Å². The van der Waals surface area contributed by atoms with Crippen molar-refractivity contribution >= 4 is 16.8 Å². The highest BCUT2D eigenvalue weighted by Gasteiger charge is 2.27. The Labute approximate surface area is 99.4 Å². The summed E-state index contributed by atoms with van der Waals surface area (Å²) in [4.78, 5) is 16.1. The highest BCUT2D eigenvalue weighted by molar-refractivity contribution is 7.85. The maximum atomic E-state index is 12.1. The minimum absolute atomic E-state index is 0.0601. The normalized spacial score (nSPS) is 16.4. The highest BCUT2D eigenvalue weighted by atomic mass is 32.2. The molecule has 1 N–H and O–H groups in total. The van der Waals surface area contributed by atoms with Gasteiger partial charge in [0.05, 0.1) is 31.8 Å². The predicted octanol–water partition coefficient (Wildman–Crippen LogP) is 1.93. The van der Waals surface area contributed by atoms with Crippen molar-refractivity contribution in [1.82, 2.24) is 4.98 Å². The number of benzene rings is 1. The summed E-state index contributed by atoms with van der Waals surface area (Å²) < 4.78 is 12.1. The van der Waals surface area contributed by atoms with Crippen LogP contribution in [0.1, 0.15) is 10.4 Å². The van der Waals surface area contributed by atoms with Gasteiger partial charge in [-0.25, -0.2) is 9.00 Å². The average molecular weight is 245 g/mol. The van der Waals surface area contributed by atoms with Crippen LogP contribution in [0.2, 0.25) is 0 Å². The monoisotopic (exact) mass is 245 g/mol. The van der Waals surface area contributed by atoms with Gasteiger partial charge in [-0.2, -0.15) is 0 Å². The van der Waals surface area contributed by atoms with Gasteiger partial charge in [-0.15, -0.1) is 0 Å². The number of pyridine rings is 1. The molecule has 84 valence electrons. The quantitative estimate of drug-likeness (QED) is 0.711. The topological polar surface area (TPSA) is 67.3 Å². The van der Waals surface area contributed by atoms with E-state index in [2.05, 4.69) is 4.98 Å². The largest absolute Gasteiger partial charge is 0.478 e. The van der Waals surface area contributed by atoms with E-state index in [1.807, 2.05) is 12.1 Å². The van der Waals surface area contributed by atoms with Gasteiger partial charge in [0.25, 0.3) is 0 Å². The Hall–Kier alpha value is -2.01. The van der Waals surface area contributed by atoms with E-state index in [1.54, 1.807) is 12.1 Å². The smallest absolute Gasteiger partial charge is 0.337 e. The third-order valence-electron chi connectivity index (χ3n) is 2.64. The lowest BCUT2D eigenvalue weighted by Gasteiger charge is -1.98. The fourth-order valence-electron chi connectivity index (χ4n) is 1.85. The van der Waals surface area contributed by atoms with Crippen molar-refractivity contribution in [2.45, 2.75) is 9.79 Å². The highest BCUT2D eigenvalue weighted by Crippen LogP contribution is 2.39. The molecule has 0 saturated heterocycles. The van der Waals surface area contributed by atoms with Crippen LogP contribution in [0.15, 0.2) is 46.3 Å². The van der Waals surface area contributed by atoms with E-state index in [9.17, 15) is 9.00 Å². The van der Waals surface area contributed by atoms with E-state index in [4.69, 9.17) is 5.11 Å². The number of carboxylic acid groups (broad SMARTS) is 1. The van der Waals surface area contributed by atoms with Crippen LogP contribution in [0.4, 0.5) is 0 Å². The summed E-state index contributed by atoms with van der Waals surface area (Å²) in [7, 11) is -1.33. The van der Waals surface area contributed by atoms with Gasteiger partial charge in [0, 0.05) is 11.8 Å². The van der Waals surface area contributed by atoms with Crippen LogP contribution in [0, 0.1) is 0 Å². The summed E-state index contributed by atoms with van der Waals surface area (Å²) in [5.74, 6) is -1.06. The molecule has 0 bridgehead atoms. The number of hydrogen-bond acceptors (Lipinski definition) is 3. The SMILES string of the molecule is O=C(O)c1cnc2c(c1)S(=O)c1ccccc1-2. The molecule has 1 aliphatic heterocycles. The Balaban J connectivity index is 2.28. The minimum Gasteiger partial charge on any atom is -0.478 e. The Bertz CT molecular complexity index is 667. The Kier molecular flexibility index (Phi) is 2.09. The molecule has 0 aliphatic carbocycles. The predicted molar refractivity (Wildman–Crippen MR) is 61.3 cm³/mol. The first-order chi connectivity index (χ1) is 8.18. The standard InChI is InChI=1S/C12H7NO3S/c14-12(15)7-5-10-11(13-6-7)8-3-1-2-4-9(8)17(10)16/h1-6H,(H,14,15). The van der Waals surface area contributed by atoms with Crippen LogP contribution in [-0.2, 0) is 10.8 Å². The van der Waals surface area contributed by atoms with Crippen LogP contribution in [0.3, 0.4) is 0 Å². The number of aromatic nitrogens is 1. The zero-order valence-corrected chi connectivity index (χ0v) is 9.40. The Morgan fingerprint density at radius 3 is 2.76 bits per heavy atom. The summed E-state index contributed by atoms with van der Waals surface area (Å²) >= 11 is 0. The second kappa shape index (κ2) is 3.49. The fraction of sp³-hybridized carbons (Fsp3) is 0. The van der Waals surface area contributed by atoms with Gasteiger partial charge in [-0.05, 0) is 12.1 Å². The number of aromatic carboxylic acids is 1. The molecule has 1 aliphatic rings. The molecular weight excluding hydrogens is 238 g/mol. The van der Waals surface area contributed by atoms with E-state index < -0.39 is 16.8 Å². The van der Waals surface area contributed by atoms with E-state index >= 15 is 0 Å². The fourth-order valence-corrected chi connectivity index (χ4v) is 3.22. The Morgan fingerprint density at radius 2 is 2.00 bits per heavy atom. The lowest BCUT2D eigenvalue weighted by atomic mass is 10.1. The number of rotatable bonds is 1. The molecule has 1 unspecified atom stereocenters. The van der Waals surface area contributed by atoms with Crippen molar-refractivity contribution in [3.05, 3.63) is 42.1 Å². The van der Waals surface area contributed by atoms with Crippen molar-refractivity contribution < 1.29 is 14.1 Å². The number of nitrogens with zero attached hydrogens (tertiary/aromatic N) is 1. The van der Waals surface area contributed by atoms with Crippen LogP contribution in [0.25, 0.3) is 11.3 Å². The van der Waals surface area contributed by atoms with E-state index in [-0.39, 0.29) is 5.56 Å². The number of hydrogen-bond donors (Lipinski definition) is 1. The molecule has 1 atom stereocenters. The molecule has 1 aromatic carbocycles. The summed E-state index contributed by atoms with van der Waals surface area (Å²) in [5.41, 5.74) is 1.49. The first kappa shape index (κ1) is 10.2. The molecule has 2 heterocycles. The second-order valence-corrected chi connectivity index (χ2v) is 5.06. The third kappa shape index (κ3) is 1.39. The van der Waals surface area contributed by atoms with Crippen LogP contribution < -0.4 is 0 Å². The molecule has 0 spiro atoms. The van der Waals surface area contributed by atoms with Gasteiger partial charge in [0.15, 0.2) is 0 Å². The van der Waals surface area contributed by atoms with Crippen molar-refractivity contribution in [3.63, 3.8) is 0 Å². The Morgan fingerprint density at radius 1 is 1.24 bits per heavy atom. The summed E-state index contributed by atoms with van der Waals surface area (Å²) in [6.45, 7) is 0. The summed E-state index contributed by atoms with van der Waals surface area (Å²) in [6.07, 6.45) is 1.29. The van der Waals surface area contributed by atoms with Crippen molar-refractivity contribution in [1.29, 1.82) is 0 Å². The molecule has 0 saturated carbocycles. The molecule has 5 heteroatoms. The first-order valence-electron chi connectivity index (χ1n) is 4.93. The number of fused-ring (bicyclic) bond motifs is 3. The van der Waals surface area contributed by atoms with E-state index in [0.717, 1.165) is 5.56 Å². The summed E-state index contributed by atoms with van der Waals surface area (Å²) in [5, 5.41) is 8.88. The molecule has 0 fully saturated rings. The lowest BCUT2D eigenvalue weighted by molar-refractivity contribution is 0.0696. The van der Waals surface area contributed by atoms with Crippen molar-refractivity contribution in [2.75, 3.05) is 0 Å². The molecule has 0 radical (unpaired) electrons. The molecule has 17 heavy (non-hydrogen) atoms. The zero-order chi connectivity index (χ0) is 12.0. The van der Waals surface area contributed by atoms with Crippen LogP contribution in [-0.4, -0.2) is 20.3 Å². The molecule has 3 rings (SSSR count). The summed E-state index contributed by atoms with van der Waals surface area (Å²) in [6, 6.07) is 8.69. The molecule has 1 aromatic heterocycles. The average Bonchev–Trinajstić information content (AvgIpc) is 2.64. The molecule has 4 nitrogen and oxygen atoms in total. The van der Waals surface area contributed by atoms with Crippen molar-refractivity contribution in [3.8, 4) is 11.3 Å². The molecule has 0 amide bonds. The molecule has 2 aromatic rings.